The van der Waals surface area contributed by atoms with E-state index in [1.54, 1.807) is 25.2 Å². The highest BCUT2D eigenvalue weighted by atomic mass is 32.2. The van der Waals surface area contributed by atoms with Crippen LogP contribution in [0, 0.1) is 0 Å². The van der Waals surface area contributed by atoms with Crippen molar-refractivity contribution in [1.29, 1.82) is 0 Å². The predicted molar refractivity (Wildman–Crippen MR) is 105 cm³/mol. The molecule has 0 amide bonds. The topological polar surface area (TPSA) is 87.8 Å². The molecule has 1 unspecified atom stereocenters. The van der Waals surface area contributed by atoms with Crippen molar-refractivity contribution in [3.63, 3.8) is 0 Å². The number of aromatic nitrogens is 6. The Kier molecular flexibility index (Phi) is 4.64. The van der Waals surface area contributed by atoms with Gasteiger partial charge < -0.3 is 9.47 Å². The van der Waals surface area contributed by atoms with Gasteiger partial charge in [-0.3, -0.25) is 4.57 Å². The van der Waals surface area contributed by atoms with Crippen molar-refractivity contribution < 1.29 is 9.47 Å². The van der Waals surface area contributed by atoms with E-state index in [1.165, 1.54) is 0 Å². The minimum atomic E-state index is -0.00396. The molecule has 2 fully saturated rings. The maximum absolute atomic E-state index is 5.96. The van der Waals surface area contributed by atoms with Gasteiger partial charge in [0.05, 0.1) is 19.1 Å². The van der Waals surface area contributed by atoms with E-state index < -0.39 is 0 Å². The van der Waals surface area contributed by atoms with E-state index in [4.69, 9.17) is 19.4 Å². The van der Waals surface area contributed by atoms with Crippen LogP contribution in [-0.2, 0) is 4.74 Å². The number of fused-ring (bicyclic) bond motifs is 1. The molecule has 0 N–H and O–H groups in total. The summed E-state index contributed by atoms with van der Waals surface area (Å²) in [5.74, 6) is 1.52. The van der Waals surface area contributed by atoms with Crippen LogP contribution < -0.4 is 4.74 Å². The zero-order valence-electron chi connectivity index (χ0n) is 16.0. The second kappa shape index (κ2) is 7.29. The molecule has 3 aromatic heterocycles. The standard InChI is InChI=1S/C19H22N6O2S/c1-26-18-13(14(11-6-7-11)20-9-21-18)16-23-17-15(19(24-16)28-2)25(10-22-17)12-5-3-4-8-27-12/h9-12H,3-8H2,1-2H3. The number of ether oxygens (including phenoxy) is 2. The van der Waals surface area contributed by atoms with Gasteiger partial charge in [-0.05, 0) is 38.4 Å². The molecule has 5 rings (SSSR count). The first-order valence-electron chi connectivity index (χ1n) is 9.59. The number of nitrogens with zero attached hydrogens (tertiary/aromatic N) is 6. The van der Waals surface area contributed by atoms with E-state index in [0.29, 0.717) is 23.3 Å². The fraction of sp³-hybridized carbons (Fsp3) is 0.526. The summed E-state index contributed by atoms with van der Waals surface area (Å²) < 4.78 is 13.6. The third kappa shape index (κ3) is 3.02. The van der Waals surface area contributed by atoms with Crippen LogP contribution in [0.2, 0.25) is 0 Å². The number of rotatable bonds is 5. The lowest BCUT2D eigenvalue weighted by atomic mass is 10.1. The monoisotopic (exact) mass is 398 g/mol. The summed E-state index contributed by atoms with van der Waals surface area (Å²) in [6, 6.07) is 0. The molecule has 3 aromatic rings. The molecule has 0 bridgehead atoms. The fourth-order valence-corrected chi connectivity index (χ4v) is 4.31. The Bertz CT molecular complexity index is 1010. The van der Waals surface area contributed by atoms with Gasteiger partial charge in [-0.25, -0.2) is 24.9 Å². The number of methoxy groups -OCH3 is 1. The Morgan fingerprint density at radius 3 is 2.75 bits per heavy atom. The molecule has 0 radical (unpaired) electrons. The summed E-state index contributed by atoms with van der Waals surface area (Å²) in [6.07, 6.45) is 10.9. The van der Waals surface area contributed by atoms with Crippen LogP contribution in [0.1, 0.15) is 49.9 Å². The van der Waals surface area contributed by atoms with E-state index in [2.05, 4.69) is 19.5 Å². The van der Waals surface area contributed by atoms with Crippen LogP contribution >= 0.6 is 11.8 Å². The first-order valence-corrected chi connectivity index (χ1v) is 10.8. The number of hydrogen-bond acceptors (Lipinski definition) is 8. The van der Waals surface area contributed by atoms with Gasteiger partial charge in [0.1, 0.15) is 28.7 Å². The molecule has 2 aliphatic rings. The summed E-state index contributed by atoms with van der Waals surface area (Å²) >= 11 is 1.58. The van der Waals surface area contributed by atoms with E-state index in [0.717, 1.165) is 60.5 Å². The first-order chi connectivity index (χ1) is 13.8. The minimum absolute atomic E-state index is 0.00396. The van der Waals surface area contributed by atoms with Crippen molar-refractivity contribution >= 4 is 22.9 Å². The molecule has 0 spiro atoms. The minimum Gasteiger partial charge on any atom is -0.480 e. The number of thioether (sulfide) groups is 1. The molecule has 8 nitrogen and oxygen atoms in total. The molecular formula is C19H22N6O2S. The summed E-state index contributed by atoms with van der Waals surface area (Å²) in [5.41, 5.74) is 3.34. The molecule has 28 heavy (non-hydrogen) atoms. The molecule has 1 saturated heterocycles. The third-order valence-corrected chi connectivity index (χ3v) is 5.95. The van der Waals surface area contributed by atoms with Crippen molar-refractivity contribution in [1.82, 2.24) is 29.5 Å². The van der Waals surface area contributed by atoms with Crippen LogP contribution in [0.4, 0.5) is 0 Å². The average molecular weight is 398 g/mol. The maximum Gasteiger partial charge on any atom is 0.227 e. The second-order valence-electron chi connectivity index (χ2n) is 7.12. The highest BCUT2D eigenvalue weighted by Gasteiger charge is 2.32. The van der Waals surface area contributed by atoms with Gasteiger partial charge in [0, 0.05) is 12.5 Å². The molecule has 1 saturated carbocycles. The Balaban J connectivity index is 1.67. The predicted octanol–water partition coefficient (Wildman–Crippen LogP) is 3.59. The summed E-state index contributed by atoms with van der Waals surface area (Å²) in [5, 5.41) is 0.874. The first kappa shape index (κ1) is 17.8. The van der Waals surface area contributed by atoms with E-state index in [9.17, 15) is 0 Å². The molecular weight excluding hydrogens is 376 g/mol. The van der Waals surface area contributed by atoms with Gasteiger partial charge in [-0.15, -0.1) is 11.8 Å². The highest BCUT2D eigenvalue weighted by Crippen LogP contribution is 2.45. The van der Waals surface area contributed by atoms with Crippen LogP contribution in [0.3, 0.4) is 0 Å². The van der Waals surface area contributed by atoms with Crippen molar-refractivity contribution in [2.45, 2.75) is 49.3 Å². The quantitative estimate of drug-likeness (QED) is 0.476. The number of imidazole rings is 1. The van der Waals surface area contributed by atoms with Gasteiger partial charge in [0.25, 0.3) is 0 Å². The second-order valence-corrected chi connectivity index (χ2v) is 7.91. The molecule has 1 aliphatic heterocycles. The van der Waals surface area contributed by atoms with Crippen molar-refractivity contribution in [3.05, 3.63) is 18.3 Å². The third-order valence-electron chi connectivity index (χ3n) is 5.28. The van der Waals surface area contributed by atoms with Crippen molar-refractivity contribution in [2.75, 3.05) is 20.0 Å². The maximum atomic E-state index is 5.96. The van der Waals surface area contributed by atoms with E-state index >= 15 is 0 Å². The van der Waals surface area contributed by atoms with E-state index in [1.807, 2.05) is 12.6 Å². The molecule has 1 atom stereocenters. The molecule has 0 aromatic carbocycles. The van der Waals surface area contributed by atoms with Crippen molar-refractivity contribution in [2.24, 2.45) is 0 Å². The van der Waals surface area contributed by atoms with Gasteiger partial charge >= 0.3 is 0 Å². The zero-order valence-corrected chi connectivity index (χ0v) is 16.8. The van der Waals surface area contributed by atoms with Crippen LogP contribution in [-0.4, -0.2) is 49.5 Å². The Hall–Kier alpha value is -2.26. The Morgan fingerprint density at radius 2 is 2.04 bits per heavy atom. The zero-order chi connectivity index (χ0) is 19.1. The van der Waals surface area contributed by atoms with Gasteiger partial charge in [0.15, 0.2) is 11.5 Å². The van der Waals surface area contributed by atoms with Crippen molar-refractivity contribution in [3.8, 4) is 17.3 Å². The molecule has 146 valence electrons. The summed E-state index contributed by atoms with van der Waals surface area (Å²) in [4.78, 5) is 23.0. The normalized spacial score (nSPS) is 19.9. The van der Waals surface area contributed by atoms with Gasteiger partial charge in [-0.2, -0.15) is 0 Å². The van der Waals surface area contributed by atoms with Crippen LogP contribution in [0.5, 0.6) is 5.88 Å². The van der Waals surface area contributed by atoms with Gasteiger partial charge in [-0.1, -0.05) is 0 Å². The smallest absolute Gasteiger partial charge is 0.227 e. The van der Waals surface area contributed by atoms with Gasteiger partial charge in [0.2, 0.25) is 5.88 Å². The molecule has 9 heteroatoms. The molecule has 1 aliphatic carbocycles. The van der Waals surface area contributed by atoms with Crippen LogP contribution in [0.15, 0.2) is 17.7 Å². The lowest BCUT2D eigenvalue weighted by Crippen LogP contribution is -2.17. The fourth-order valence-electron chi connectivity index (χ4n) is 3.74. The largest absolute Gasteiger partial charge is 0.480 e. The SMILES string of the molecule is COc1ncnc(C2CC2)c1-c1nc(SC)c2c(ncn2C2CCCCO2)n1. The molecule has 4 heterocycles. The van der Waals surface area contributed by atoms with E-state index in [-0.39, 0.29) is 6.23 Å². The average Bonchev–Trinajstić information content (AvgIpc) is 3.51. The number of hydrogen-bond donors (Lipinski definition) is 0. The summed E-state index contributed by atoms with van der Waals surface area (Å²) in [7, 11) is 1.62. The lowest BCUT2D eigenvalue weighted by Gasteiger charge is -2.24. The summed E-state index contributed by atoms with van der Waals surface area (Å²) in [6.45, 7) is 0.779. The van der Waals surface area contributed by atoms with Crippen LogP contribution in [0.25, 0.3) is 22.6 Å². The Labute approximate surface area is 167 Å². The lowest BCUT2D eigenvalue weighted by molar-refractivity contribution is -0.0297. The Morgan fingerprint density at radius 1 is 1.14 bits per heavy atom. The highest BCUT2D eigenvalue weighted by molar-refractivity contribution is 7.98.